The van der Waals surface area contributed by atoms with Crippen molar-refractivity contribution in [3.63, 3.8) is 0 Å². The van der Waals surface area contributed by atoms with Gasteiger partial charge < -0.3 is 14.5 Å². The van der Waals surface area contributed by atoms with Gasteiger partial charge in [0.15, 0.2) is 0 Å². The number of carbonyl (C=O) groups is 1. The van der Waals surface area contributed by atoms with Crippen LogP contribution in [0.1, 0.15) is 24.0 Å². The molecule has 4 heteroatoms. The predicted molar refractivity (Wildman–Crippen MR) is 104 cm³/mol. The highest BCUT2D eigenvalue weighted by Gasteiger charge is 2.25. The molecule has 0 saturated carbocycles. The van der Waals surface area contributed by atoms with Crippen molar-refractivity contribution in [1.82, 2.24) is 9.80 Å². The summed E-state index contributed by atoms with van der Waals surface area (Å²) in [5.74, 6) is 0. The zero-order valence-corrected chi connectivity index (χ0v) is 15.5. The largest absolute Gasteiger partial charge is 0.445 e. The van der Waals surface area contributed by atoms with Crippen molar-refractivity contribution < 1.29 is 9.53 Å². The van der Waals surface area contributed by atoms with Crippen molar-refractivity contribution in [1.29, 1.82) is 0 Å². The second-order valence-electron chi connectivity index (χ2n) is 7.00. The molecule has 0 radical (unpaired) electrons. The van der Waals surface area contributed by atoms with E-state index < -0.39 is 0 Å². The first-order chi connectivity index (χ1) is 12.7. The van der Waals surface area contributed by atoms with Gasteiger partial charge in [-0.05, 0) is 43.5 Å². The van der Waals surface area contributed by atoms with Crippen LogP contribution in [-0.2, 0) is 17.8 Å². The summed E-state index contributed by atoms with van der Waals surface area (Å²) in [6.07, 6.45) is 3.09. The molecule has 26 heavy (non-hydrogen) atoms. The zero-order valence-electron chi connectivity index (χ0n) is 15.5. The standard InChI is InChI=1S/C22H28N2O2/c1-23(22(25)26-18-20-12-6-3-7-13-20)21(17-24-14-8-9-15-24)16-19-10-4-2-5-11-19/h2-7,10-13,21H,8-9,14-18H2,1H3/t21-/m1/s1. The van der Waals surface area contributed by atoms with Gasteiger partial charge in [-0.15, -0.1) is 0 Å². The van der Waals surface area contributed by atoms with Crippen LogP contribution in [0.3, 0.4) is 0 Å². The predicted octanol–water partition coefficient (Wildman–Crippen LogP) is 3.96. The Morgan fingerprint density at radius 3 is 2.19 bits per heavy atom. The van der Waals surface area contributed by atoms with E-state index in [4.69, 9.17) is 4.74 Å². The lowest BCUT2D eigenvalue weighted by Gasteiger charge is -2.31. The molecule has 1 fully saturated rings. The second kappa shape index (κ2) is 9.39. The maximum Gasteiger partial charge on any atom is 0.410 e. The lowest BCUT2D eigenvalue weighted by atomic mass is 10.0. The van der Waals surface area contributed by atoms with Crippen molar-refractivity contribution in [3.05, 3.63) is 71.8 Å². The van der Waals surface area contributed by atoms with Crippen LogP contribution in [0, 0.1) is 0 Å². The molecule has 4 nitrogen and oxygen atoms in total. The van der Waals surface area contributed by atoms with Crippen LogP contribution in [0.15, 0.2) is 60.7 Å². The van der Waals surface area contributed by atoms with E-state index in [1.807, 2.05) is 43.4 Å². The van der Waals surface area contributed by atoms with E-state index >= 15 is 0 Å². The molecule has 1 amide bonds. The normalized spacial score (nSPS) is 15.6. The molecule has 0 bridgehead atoms. The summed E-state index contributed by atoms with van der Waals surface area (Å²) >= 11 is 0. The van der Waals surface area contributed by atoms with Gasteiger partial charge >= 0.3 is 6.09 Å². The lowest BCUT2D eigenvalue weighted by Crippen LogP contribution is -2.45. The van der Waals surface area contributed by atoms with Gasteiger partial charge in [0.05, 0.1) is 6.04 Å². The second-order valence-corrected chi connectivity index (χ2v) is 7.00. The lowest BCUT2D eigenvalue weighted by molar-refractivity contribution is 0.0835. The van der Waals surface area contributed by atoms with E-state index in [-0.39, 0.29) is 12.1 Å². The number of hydrogen-bond donors (Lipinski definition) is 0. The first-order valence-corrected chi connectivity index (χ1v) is 9.42. The Kier molecular flexibility index (Phi) is 6.67. The number of carbonyl (C=O) groups excluding carboxylic acids is 1. The quantitative estimate of drug-likeness (QED) is 0.756. The van der Waals surface area contributed by atoms with Crippen LogP contribution in [0.25, 0.3) is 0 Å². The fourth-order valence-electron chi connectivity index (χ4n) is 3.44. The van der Waals surface area contributed by atoms with Gasteiger partial charge in [-0.3, -0.25) is 0 Å². The minimum Gasteiger partial charge on any atom is -0.445 e. The van der Waals surface area contributed by atoms with Gasteiger partial charge in [-0.1, -0.05) is 60.7 Å². The number of amides is 1. The van der Waals surface area contributed by atoms with Crippen LogP contribution >= 0.6 is 0 Å². The average molecular weight is 352 g/mol. The van der Waals surface area contributed by atoms with Crippen LogP contribution in [0.4, 0.5) is 4.79 Å². The van der Waals surface area contributed by atoms with Gasteiger partial charge in [0, 0.05) is 13.6 Å². The molecule has 2 aromatic rings. The number of likely N-dealkylation sites (tertiary alicyclic amines) is 1. The van der Waals surface area contributed by atoms with Gasteiger partial charge in [0.2, 0.25) is 0 Å². The summed E-state index contributed by atoms with van der Waals surface area (Å²) in [7, 11) is 1.86. The van der Waals surface area contributed by atoms with Crippen LogP contribution < -0.4 is 0 Å². The van der Waals surface area contributed by atoms with Crippen molar-refractivity contribution in [2.24, 2.45) is 0 Å². The fourth-order valence-corrected chi connectivity index (χ4v) is 3.44. The third-order valence-electron chi connectivity index (χ3n) is 5.02. The molecule has 1 heterocycles. The topological polar surface area (TPSA) is 32.8 Å². The Balaban J connectivity index is 1.62. The molecular formula is C22H28N2O2. The SMILES string of the molecule is CN(C(=O)OCc1ccccc1)[C@H](Cc1ccccc1)CN1CCCC1. The molecule has 1 saturated heterocycles. The average Bonchev–Trinajstić information content (AvgIpc) is 3.20. The number of hydrogen-bond acceptors (Lipinski definition) is 3. The highest BCUT2D eigenvalue weighted by atomic mass is 16.6. The van der Waals surface area contributed by atoms with Crippen LogP contribution in [0.5, 0.6) is 0 Å². The first kappa shape index (κ1) is 18.5. The van der Waals surface area contributed by atoms with E-state index in [9.17, 15) is 4.79 Å². The number of rotatable bonds is 7. The van der Waals surface area contributed by atoms with Gasteiger partial charge in [0.1, 0.15) is 6.61 Å². The third kappa shape index (κ3) is 5.33. The van der Waals surface area contributed by atoms with E-state index in [0.717, 1.165) is 31.6 Å². The summed E-state index contributed by atoms with van der Waals surface area (Å²) in [6, 6.07) is 20.3. The van der Waals surface area contributed by atoms with E-state index in [2.05, 4.69) is 29.2 Å². The molecule has 1 aliphatic rings. The Labute approximate surface area is 156 Å². The van der Waals surface area contributed by atoms with Crippen LogP contribution in [0.2, 0.25) is 0 Å². The van der Waals surface area contributed by atoms with E-state index in [1.54, 1.807) is 4.90 Å². The Morgan fingerprint density at radius 1 is 1.00 bits per heavy atom. The zero-order chi connectivity index (χ0) is 18.2. The number of benzene rings is 2. The molecule has 0 spiro atoms. The van der Waals surface area contributed by atoms with Crippen molar-refractivity contribution >= 4 is 6.09 Å². The Hall–Kier alpha value is -2.33. The van der Waals surface area contributed by atoms with Crippen molar-refractivity contribution in [2.45, 2.75) is 31.9 Å². The summed E-state index contributed by atoms with van der Waals surface area (Å²) in [5, 5.41) is 0. The van der Waals surface area contributed by atoms with Crippen LogP contribution in [-0.4, -0.2) is 48.6 Å². The first-order valence-electron chi connectivity index (χ1n) is 9.42. The highest BCUT2D eigenvalue weighted by Crippen LogP contribution is 2.15. The molecule has 1 atom stereocenters. The van der Waals surface area contributed by atoms with E-state index in [1.165, 1.54) is 18.4 Å². The van der Waals surface area contributed by atoms with Gasteiger partial charge in [-0.2, -0.15) is 0 Å². The molecule has 2 aromatic carbocycles. The molecule has 0 N–H and O–H groups in total. The summed E-state index contributed by atoms with van der Waals surface area (Å²) < 4.78 is 5.54. The molecule has 0 unspecified atom stereocenters. The molecular weight excluding hydrogens is 324 g/mol. The monoisotopic (exact) mass is 352 g/mol. The smallest absolute Gasteiger partial charge is 0.410 e. The molecule has 1 aliphatic heterocycles. The van der Waals surface area contributed by atoms with Crippen molar-refractivity contribution in [2.75, 3.05) is 26.7 Å². The van der Waals surface area contributed by atoms with Gasteiger partial charge in [0.25, 0.3) is 0 Å². The molecule has 138 valence electrons. The number of likely N-dealkylation sites (N-methyl/N-ethyl adjacent to an activating group) is 1. The highest BCUT2D eigenvalue weighted by molar-refractivity contribution is 5.67. The summed E-state index contributed by atoms with van der Waals surface area (Å²) in [5.41, 5.74) is 2.26. The summed E-state index contributed by atoms with van der Waals surface area (Å²) in [6.45, 7) is 3.45. The molecule has 0 aliphatic carbocycles. The van der Waals surface area contributed by atoms with E-state index in [0.29, 0.717) is 6.61 Å². The summed E-state index contributed by atoms with van der Waals surface area (Å²) in [4.78, 5) is 16.8. The van der Waals surface area contributed by atoms with Gasteiger partial charge in [-0.25, -0.2) is 4.79 Å². The minimum absolute atomic E-state index is 0.110. The number of ether oxygens (including phenoxy) is 1. The molecule has 3 rings (SSSR count). The minimum atomic E-state index is -0.256. The third-order valence-corrected chi connectivity index (χ3v) is 5.02. The Bertz CT molecular complexity index is 669. The van der Waals surface area contributed by atoms with Crippen molar-refractivity contribution in [3.8, 4) is 0 Å². The molecule has 0 aromatic heterocycles. The maximum absolute atomic E-state index is 12.6. The fraction of sp³-hybridized carbons (Fsp3) is 0.409. The maximum atomic E-state index is 12.6. The Morgan fingerprint density at radius 2 is 1.58 bits per heavy atom. The number of nitrogens with zero attached hydrogens (tertiary/aromatic N) is 2.